The molecule has 0 aliphatic heterocycles. The molecule has 1 aliphatic rings. The molecule has 9 heteroatoms. The number of H-pyrrole nitrogens is 2. The summed E-state index contributed by atoms with van der Waals surface area (Å²) in [4.78, 5) is 0. The van der Waals surface area contributed by atoms with Gasteiger partial charge in [0.1, 0.15) is 11.5 Å². The van der Waals surface area contributed by atoms with Crippen LogP contribution in [-0.4, -0.2) is 31.3 Å². The zero-order valence-electron chi connectivity index (χ0n) is 12.4. The normalized spacial score (nSPS) is 13.8. The molecule has 4 rings (SSSR count). The van der Waals surface area contributed by atoms with Gasteiger partial charge in [-0.25, -0.2) is 9.49 Å². The molecule has 122 valence electrons. The molecule has 0 saturated carbocycles. The minimum Gasteiger partial charge on any atom is -0.282 e. The molecule has 0 fully saturated rings. The van der Waals surface area contributed by atoms with Gasteiger partial charge in [0, 0.05) is 16.8 Å². The van der Waals surface area contributed by atoms with Crippen molar-refractivity contribution in [2.24, 2.45) is 5.10 Å². The molecular weight excluding hydrogens is 351 g/mol. The number of rotatable bonds is 3. The van der Waals surface area contributed by atoms with Crippen molar-refractivity contribution in [3.05, 3.63) is 50.6 Å². The van der Waals surface area contributed by atoms with Crippen LogP contribution in [0.1, 0.15) is 23.2 Å². The predicted molar refractivity (Wildman–Crippen MR) is 91.4 cm³/mol. The summed E-state index contributed by atoms with van der Waals surface area (Å²) in [5.41, 5.74) is 3.16. The molecule has 2 N–H and O–H groups in total. The van der Waals surface area contributed by atoms with E-state index in [1.165, 1.54) is 23.0 Å². The summed E-state index contributed by atoms with van der Waals surface area (Å²) >= 11 is 11.2. The lowest BCUT2D eigenvalue weighted by Crippen LogP contribution is -1.98. The fourth-order valence-electron chi connectivity index (χ4n) is 2.81. The largest absolute Gasteiger partial charge is 0.282 e. The minimum absolute atomic E-state index is 0.195. The molecule has 1 aliphatic carbocycles. The van der Waals surface area contributed by atoms with Gasteiger partial charge in [0.05, 0.1) is 11.2 Å². The van der Waals surface area contributed by atoms with E-state index in [0.717, 1.165) is 30.5 Å². The second-order valence-corrected chi connectivity index (χ2v) is 6.22. The van der Waals surface area contributed by atoms with Gasteiger partial charge in [0.15, 0.2) is 0 Å². The maximum absolute atomic E-state index is 13.9. The fraction of sp³-hybridized carbons (Fsp3) is 0.200. The van der Waals surface area contributed by atoms with E-state index in [1.807, 2.05) is 0 Å². The summed E-state index contributed by atoms with van der Waals surface area (Å²) in [6.45, 7) is 0. The highest BCUT2D eigenvalue weighted by Gasteiger charge is 2.23. The van der Waals surface area contributed by atoms with Gasteiger partial charge in [0.25, 0.3) is 0 Å². The number of aromatic nitrogens is 5. The van der Waals surface area contributed by atoms with Crippen LogP contribution in [-0.2, 0) is 12.8 Å². The summed E-state index contributed by atoms with van der Waals surface area (Å²) in [5.74, 6) is 0.0339. The molecule has 2 aromatic heterocycles. The molecule has 2 heterocycles. The molecule has 0 bridgehead atoms. The van der Waals surface area contributed by atoms with E-state index in [-0.39, 0.29) is 10.6 Å². The summed E-state index contributed by atoms with van der Waals surface area (Å²) in [7, 11) is 0. The van der Waals surface area contributed by atoms with Crippen LogP contribution in [0.15, 0.2) is 23.3 Å². The van der Waals surface area contributed by atoms with Gasteiger partial charge in [-0.3, -0.25) is 5.10 Å². The third-order valence-electron chi connectivity index (χ3n) is 3.97. The third-order valence-corrected chi connectivity index (χ3v) is 4.56. The smallest absolute Gasteiger partial charge is 0.216 e. The molecule has 24 heavy (non-hydrogen) atoms. The van der Waals surface area contributed by atoms with Crippen molar-refractivity contribution in [2.45, 2.75) is 19.3 Å². The lowest BCUT2D eigenvalue weighted by atomic mass is 10.2. The Hall–Kier alpha value is -2.32. The van der Waals surface area contributed by atoms with Crippen molar-refractivity contribution in [3.63, 3.8) is 0 Å². The van der Waals surface area contributed by atoms with Crippen LogP contribution in [0.2, 0.25) is 5.02 Å². The van der Waals surface area contributed by atoms with Gasteiger partial charge in [0.2, 0.25) is 10.6 Å². The van der Waals surface area contributed by atoms with Crippen LogP contribution in [0.25, 0.3) is 11.5 Å². The Balaban J connectivity index is 1.78. The zero-order valence-corrected chi connectivity index (χ0v) is 14.0. The number of aromatic amines is 2. The Bertz CT molecular complexity index is 982. The second-order valence-electron chi connectivity index (χ2n) is 5.43. The van der Waals surface area contributed by atoms with Gasteiger partial charge in [-0.2, -0.15) is 20.0 Å². The summed E-state index contributed by atoms with van der Waals surface area (Å²) in [5, 5.41) is 18.8. The first-order valence-corrected chi connectivity index (χ1v) is 8.16. The summed E-state index contributed by atoms with van der Waals surface area (Å²) < 4.78 is 15.6. The van der Waals surface area contributed by atoms with Crippen molar-refractivity contribution < 1.29 is 4.39 Å². The number of fused-ring (bicyclic) bond motifs is 1. The first-order chi connectivity index (χ1) is 11.6. The molecule has 6 nitrogen and oxygen atoms in total. The molecule has 0 saturated heterocycles. The van der Waals surface area contributed by atoms with E-state index in [1.54, 1.807) is 6.07 Å². The highest BCUT2D eigenvalue weighted by Crippen LogP contribution is 2.29. The number of halogens is 2. The standard InChI is InChI=1S/C15H12ClFN6S/c16-10-4-2-5-11(17)9(10)7-18-23-14(21-22-15(23)24)13-8-3-1-6-12(8)19-20-13/h2,4-5,7H,1,3,6H2,(H,19,20)(H,22,24)/b18-7-. The Labute approximate surface area is 146 Å². The van der Waals surface area contributed by atoms with Crippen LogP contribution in [0.4, 0.5) is 4.39 Å². The van der Waals surface area contributed by atoms with Gasteiger partial charge in [-0.1, -0.05) is 17.7 Å². The molecule has 0 amide bonds. The highest BCUT2D eigenvalue weighted by atomic mass is 35.5. The minimum atomic E-state index is -0.455. The van der Waals surface area contributed by atoms with Crippen LogP contribution in [0.5, 0.6) is 0 Å². The van der Waals surface area contributed by atoms with Crippen LogP contribution in [0, 0.1) is 10.6 Å². The van der Waals surface area contributed by atoms with Gasteiger partial charge >= 0.3 is 0 Å². The van der Waals surface area contributed by atoms with Gasteiger partial charge in [-0.15, -0.1) is 0 Å². The molecule has 0 spiro atoms. The number of hydrogen-bond acceptors (Lipinski definition) is 4. The molecular formula is C15H12ClFN6S. The lowest BCUT2D eigenvalue weighted by molar-refractivity contribution is 0.625. The van der Waals surface area contributed by atoms with E-state index in [0.29, 0.717) is 16.3 Å². The molecule has 0 atom stereocenters. The van der Waals surface area contributed by atoms with Crippen LogP contribution >= 0.6 is 23.8 Å². The lowest BCUT2D eigenvalue weighted by Gasteiger charge is -2.01. The molecule has 0 radical (unpaired) electrons. The zero-order chi connectivity index (χ0) is 16.7. The first kappa shape index (κ1) is 15.2. The Morgan fingerprint density at radius 2 is 2.17 bits per heavy atom. The third kappa shape index (κ3) is 2.47. The van der Waals surface area contributed by atoms with Crippen molar-refractivity contribution in [3.8, 4) is 11.5 Å². The van der Waals surface area contributed by atoms with E-state index in [4.69, 9.17) is 23.8 Å². The highest BCUT2D eigenvalue weighted by molar-refractivity contribution is 7.71. The maximum Gasteiger partial charge on any atom is 0.216 e. The molecule has 1 aromatic carbocycles. The quantitative estimate of drug-likeness (QED) is 0.553. The SMILES string of the molecule is Fc1cccc(Cl)c1/C=N\n1c(-c2n[nH]c3c2CCC3)n[nH]c1=S. The van der Waals surface area contributed by atoms with Gasteiger partial charge in [-0.05, 0) is 43.6 Å². The van der Waals surface area contributed by atoms with E-state index in [9.17, 15) is 4.39 Å². The number of aryl methyl sites for hydroxylation is 1. The van der Waals surface area contributed by atoms with Crippen molar-refractivity contribution in [2.75, 3.05) is 0 Å². The van der Waals surface area contributed by atoms with E-state index in [2.05, 4.69) is 25.5 Å². The maximum atomic E-state index is 13.9. The van der Waals surface area contributed by atoms with Gasteiger partial charge < -0.3 is 0 Å². The summed E-state index contributed by atoms with van der Waals surface area (Å²) in [6, 6.07) is 4.46. The fourth-order valence-corrected chi connectivity index (χ4v) is 3.20. The van der Waals surface area contributed by atoms with E-state index < -0.39 is 5.82 Å². The number of hydrogen-bond donors (Lipinski definition) is 2. The average molecular weight is 363 g/mol. The monoisotopic (exact) mass is 362 g/mol. The first-order valence-electron chi connectivity index (χ1n) is 7.37. The Morgan fingerprint density at radius 1 is 1.29 bits per heavy atom. The van der Waals surface area contributed by atoms with Crippen LogP contribution < -0.4 is 0 Å². The Morgan fingerprint density at radius 3 is 3.00 bits per heavy atom. The Kier molecular flexibility index (Phi) is 3.78. The topological polar surface area (TPSA) is 74.7 Å². The number of benzene rings is 1. The van der Waals surface area contributed by atoms with E-state index >= 15 is 0 Å². The molecule has 3 aromatic rings. The second kappa shape index (κ2) is 5.95. The summed E-state index contributed by atoms with van der Waals surface area (Å²) in [6.07, 6.45) is 4.32. The van der Waals surface area contributed by atoms with Crippen molar-refractivity contribution in [1.29, 1.82) is 0 Å². The molecule has 0 unspecified atom stereocenters. The average Bonchev–Trinajstić information content (AvgIpc) is 3.23. The number of nitrogens with zero attached hydrogens (tertiary/aromatic N) is 4. The van der Waals surface area contributed by atoms with Crippen LogP contribution in [0.3, 0.4) is 0 Å². The predicted octanol–water partition coefficient (Wildman–Crippen LogP) is 3.49. The van der Waals surface area contributed by atoms with Crippen molar-refractivity contribution >= 4 is 30.0 Å². The number of nitrogens with one attached hydrogen (secondary N) is 2. The van der Waals surface area contributed by atoms with Crippen molar-refractivity contribution in [1.82, 2.24) is 25.1 Å².